The van der Waals surface area contributed by atoms with Gasteiger partial charge < -0.3 is 15.6 Å². The number of benzene rings is 1. The predicted molar refractivity (Wildman–Crippen MR) is 148 cm³/mol. The van der Waals surface area contributed by atoms with E-state index < -0.39 is 6.17 Å². The van der Waals surface area contributed by atoms with E-state index in [0.717, 1.165) is 36.0 Å². The predicted octanol–water partition coefficient (Wildman–Crippen LogP) is 5.14. The highest BCUT2D eigenvalue weighted by atomic mass is 19.1. The lowest BCUT2D eigenvalue weighted by Crippen LogP contribution is -2.26. The topological polar surface area (TPSA) is 103 Å². The molecule has 4 rings (SSSR count). The van der Waals surface area contributed by atoms with E-state index in [0.29, 0.717) is 36.5 Å². The van der Waals surface area contributed by atoms with Crippen molar-refractivity contribution in [3.8, 4) is 11.3 Å². The van der Waals surface area contributed by atoms with Crippen LogP contribution in [-0.2, 0) is 6.54 Å². The third-order valence-electron chi connectivity index (χ3n) is 7.30. The van der Waals surface area contributed by atoms with Gasteiger partial charge in [-0.3, -0.25) is 14.6 Å². The van der Waals surface area contributed by atoms with Gasteiger partial charge >= 0.3 is 0 Å². The van der Waals surface area contributed by atoms with Gasteiger partial charge in [0.05, 0.1) is 17.6 Å². The lowest BCUT2D eigenvalue weighted by molar-refractivity contribution is 0.104. The number of allylic oxidation sites excluding steroid dienone is 1. The Bertz CT molecular complexity index is 1360. The molecule has 0 amide bonds. The average Bonchev–Trinajstić information content (AvgIpc) is 3.34. The molecule has 3 N–H and O–H groups in total. The van der Waals surface area contributed by atoms with Gasteiger partial charge in [0.25, 0.3) is 5.56 Å². The van der Waals surface area contributed by atoms with Crippen LogP contribution in [0.2, 0.25) is 0 Å². The summed E-state index contributed by atoms with van der Waals surface area (Å²) in [5, 5.41) is 3.40. The number of nitrogens with two attached hydrogens (primary N) is 1. The number of carbonyl (C=O) groups excluding carboxylic acids is 1. The van der Waals surface area contributed by atoms with Gasteiger partial charge in [0.1, 0.15) is 11.9 Å². The highest BCUT2D eigenvalue weighted by molar-refractivity contribution is 6.07. The van der Waals surface area contributed by atoms with Crippen LogP contribution < -0.4 is 16.6 Å². The van der Waals surface area contributed by atoms with E-state index in [1.54, 1.807) is 30.0 Å². The number of nitrogens with zero attached hydrogens (tertiary/aromatic N) is 3. The van der Waals surface area contributed by atoms with E-state index in [9.17, 15) is 14.0 Å². The fourth-order valence-corrected chi connectivity index (χ4v) is 4.93. The SMILES string of the molecule is CCC(CC)n1cc(-c2cnc(C)c(C(=O)/C=C(\N)c3ccc(CN[C@@H]4CCC(F)C4)cc3)n2)ccc1=O. The van der Waals surface area contributed by atoms with Crippen molar-refractivity contribution < 1.29 is 9.18 Å². The summed E-state index contributed by atoms with van der Waals surface area (Å²) in [6.45, 7) is 6.49. The monoisotopic (exact) mass is 517 g/mol. The fraction of sp³-hybridized carbons (Fsp3) is 0.400. The molecule has 0 saturated heterocycles. The van der Waals surface area contributed by atoms with Crippen molar-refractivity contribution in [2.75, 3.05) is 0 Å². The fourth-order valence-electron chi connectivity index (χ4n) is 4.93. The molecule has 8 heteroatoms. The number of pyridine rings is 1. The van der Waals surface area contributed by atoms with Gasteiger partial charge in [-0.25, -0.2) is 9.37 Å². The molecule has 7 nitrogen and oxygen atoms in total. The molecule has 3 aromatic rings. The van der Waals surface area contributed by atoms with Crippen molar-refractivity contribution in [1.29, 1.82) is 0 Å². The summed E-state index contributed by atoms with van der Waals surface area (Å²) in [6.07, 6.45) is 7.82. The second-order valence-electron chi connectivity index (χ2n) is 9.97. The molecule has 200 valence electrons. The van der Waals surface area contributed by atoms with E-state index in [1.807, 2.05) is 24.3 Å². The maximum absolute atomic E-state index is 13.4. The second-order valence-corrected chi connectivity index (χ2v) is 9.97. The van der Waals surface area contributed by atoms with Crippen molar-refractivity contribution in [3.63, 3.8) is 0 Å². The minimum atomic E-state index is -0.699. The highest BCUT2D eigenvalue weighted by Gasteiger charge is 2.23. The maximum Gasteiger partial charge on any atom is 0.250 e. The zero-order chi connectivity index (χ0) is 27.2. The lowest BCUT2D eigenvalue weighted by atomic mass is 10.1. The van der Waals surface area contributed by atoms with E-state index in [4.69, 9.17) is 5.73 Å². The summed E-state index contributed by atoms with van der Waals surface area (Å²) in [5.41, 5.74) is 10.3. The van der Waals surface area contributed by atoms with Crippen LogP contribution in [0.15, 0.2) is 59.7 Å². The quantitative estimate of drug-likeness (QED) is 0.285. The number of rotatable bonds is 10. The molecular formula is C30H36FN5O2. The Balaban J connectivity index is 1.50. The number of carbonyl (C=O) groups is 1. The molecule has 1 aliphatic rings. The second kappa shape index (κ2) is 12.3. The zero-order valence-electron chi connectivity index (χ0n) is 22.3. The molecule has 2 heterocycles. The Morgan fingerprint density at radius 1 is 1.18 bits per heavy atom. The summed E-state index contributed by atoms with van der Waals surface area (Å²) in [4.78, 5) is 34.5. The van der Waals surface area contributed by atoms with Crippen molar-refractivity contribution in [2.24, 2.45) is 5.73 Å². The number of hydrogen-bond acceptors (Lipinski definition) is 6. The number of ketones is 1. The first kappa shape index (κ1) is 27.4. The molecule has 0 aliphatic heterocycles. The van der Waals surface area contributed by atoms with Crippen LogP contribution in [0.5, 0.6) is 0 Å². The molecule has 38 heavy (non-hydrogen) atoms. The minimum absolute atomic E-state index is 0.0664. The third-order valence-corrected chi connectivity index (χ3v) is 7.30. The number of aryl methyl sites for hydroxylation is 1. The van der Waals surface area contributed by atoms with Crippen molar-refractivity contribution in [1.82, 2.24) is 19.9 Å². The van der Waals surface area contributed by atoms with Crippen molar-refractivity contribution >= 4 is 11.5 Å². The number of halogens is 1. The standard InChI is InChI=1S/C30H36FN5O2/c1-4-25(5-2)36-18-22(10-13-29(36)38)27-17-33-19(3)30(35-27)28(37)15-26(32)21-8-6-20(7-9-21)16-34-24-12-11-23(31)14-24/h6-10,13,15,17-18,23-25,34H,4-5,11-12,14,16,32H2,1-3H3/b26-15-/t23?,24-/m1/s1. The number of aromatic nitrogens is 3. The summed E-state index contributed by atoms with van der Waals surface area (Å²) in [5.74, 6) is -0.338. The van der Waals surface area contributed by atoms with Crippen molar-refractivity contribution in [2.45, 2.75) is 77.7 Å². The number of hydrogen-bond donors (Lipinski definition) is 2. The Morgan fingerprint density at radius 2 is 1.92 bits per heavy atom. The van der Waals surface area contributed by atoms with E-state index in [-0.39, 0.29) is 29.1 Å². The smallest absolute Gasteiger partial charge is 0.250 e. The van der Waals surface area contributed by atoms with Crippen LogP contribution in [0.25, 0.3) is 17.0 Å². The van der Waals surface area contributed by atoms with Crippen LogP contribution in [0.1, 0.15) is 79.3 Å². The van der Waals surface area contributed by atoms with Crippen LogP contribution >= 0.6 is 0 Å². The van der Waals surface area contributed by atoms with Crippen LogP contribution in [0.3, 0.4) is 0 Å². The molecule has 0 bridgehead atoms. The lowest BCUT2D eigenvalue weighted by Gasteiger charge is -2.17. The van der Waals surface area contributed by atoms with Gasteiger partial charge in [-0.05, 0) is 56.2 Å². The Hall–Kier alpha value is -3.65. The zero-order valence-corrected chi connectivity index (χ0v) is 22.3. The Kier molecular flexibility index (Phi) is 8.84. The number of nitrogens with one attached hydrogen (secondary N) is 1. The van der Waals surface area contributed by atoms with Crippen LogP contribution in [0.4, 0.5) is 4.39 Å². The first-order valence-electron chi connectivity index (χ1n) is 13.3. The Labute approximate surface area is 223 Å². The largest absolute Gasteiger partial charge is 0.398 e. The number of alkyl halides is 1. The van der Waals surface area contributed by atoms with Crippen molar-refractivity contribution in [3.05, 3.63) is 87.7 Å². The molecule has 1 saturated carbocycles. The minimum Gasteiger partial charge on any atom is -0.398 e. The molecule has 1 aliphatic carbocycles. The normalized spacial score (nSPS) is 17.8. The molecule has 1 unspecified atom stereocenters. The summed E-state index contributed by atoms with van der Waals surface area (Å²) >= 11 is 0. The maximum atomic E-state index is 13.4. The first-order chi connectivity index (χ1) is 18.3. The summed E-state index contributed by atoms with van der Waals surface area (Å²) in [7, 11) is 0. The summed E-state index contributed by atoms with van der Waals surface area (Å²) in [6, 6.07) is 11.2. The molecular weight excluding hydrogens is 481 g/mol. The molecule has 1 aromatic carbocycles. The van der Waals surface area contributed by atoms with Gasteiger partial charge in [-0.1, -0.05) is 38.1 Å². The average molecular weight is 518 g/mol. The molecule has 2 aromatic heterocycles. The molecule has 2 atom stereocenters. The highest BCUT2D eigenvalue weighted by Crippen LogP contribution is 2.23. The van der Waals surface area contributed by atoms with Gasteiger partial charge in [0.15, 0.2) is 0 Å². The van der Waals surface area contributed by atoms with Gasteiger partial charge in [0, 0.05) is 48.2 Å². The molecule has 1 fully saturated rings. The summed E-state index contributed by atoms with van der Waals surface area (Å²) < 4.78 is 15.1. The van der Waals surface area contributed by atoms with Gasteiger partial charge in [-0.15, -0.1) is 0 Å². The van der Waals surface area contributed by atoms with E-state index >= 15 is 0 Å². The first-order valence-corrected chi connectivity index (χ1v) is 13.3. The van der Waals surface area contributed by atoms with Gasteiger partial charge in [0.2, 0.25) is 5.78 Å². The molecule has 0 spiro atoms. The van der Waals surface area contributed by atoms with Crippen LogP contribution in [-0.4, -0.2) is 32.5 Å². The molecule has 0 radical (unpaired) electrons. The third kappa shape index (κ3) is 6.42. The van der Waals surface area contributed by atoms with E-state index in [2.05, 4.69) is 29.1 Å². The Morgan fingerprint density at radius 3 is 2.58 bits per heavy atom. The van der Waals surface area contributed by atoms with Gasteiger partial charge in [-0.2, -0.15) is 0 Å². The van der Waals surface area contributed by atoms with Crippen LogP contribution in [0, 0.1) is 6.92 Å². The van der Waals surface area contributed by atoms with E-state index in [1.165, 1.54) is 12.1 Å².